The van der Waals surface area contributed by atoms with Gasteiger partial charge in [-0.3, -0.25) is 28.8 Å². The Hall–Kier alpha value is -4.48. The molecule has 0 aromatic carbocycles. The molecule has 0 amide bonds. The van der Waals surface area contributed by atoms with Crippen LogP contribution >= 0.6 is 0 Å². The van der Waals surface area contributed by atoms with Crippen LogP contribution in [-0.4, -0.2) is 119 Å². The number of esters is 6. The summed E-state index contributed by atoms with van der Waals surface area (Å²) in [6.45, 7) is 17.0. The molecule has 0 radical (unpaired) electrons. The number of fused-ring (bicyclic) bond motifs is 1. The van der Waals surface area contributed by atoms with E-state index in [1.807, 2.05) is 0 Å². The van der Waals surface area contributed by atoms with E-state index in [0.717, 1.165) is 13.8 Å². The zero-order chi connectivity index (χ0) is 61.7. The maximum atomic E-state index is 13.6. The van der Waals surface area contributed by atoms with Gasteiger partial charge in [0.25, 0.3) is 11.7 Å². The average Bonchev–Trinajstić information content (AvgIpc) is 3.85. The van der Waals surface area contributed by atoms with Crippen molar-refractivity contribution in [1.29, 1.82) is 0 Å². The molecule has 0 aromatic rings. The van der Waals surface area contributed by atoms with Crippen LogP contribution in [0.2, 0.25) is 0 Å². The fraction of sp³-hybridized carbons (Fsp3) is 0.870. The number of halogens is 18. The molecule has 2 aliphatic carbocycles. The van der Waals surface area contributed by atoms with Crippen molar-refractivity contribution in [2.75, 3.05) is 0 Å². The molecule has 0 aromatic heterocycles. The van der Waals surface area contributed by atoms with Gasteiger partial charge in [-0.25, -0.2) is 0 Å². The van der Waals surface area contributed by atoms with Crippen LogP contribution in [0.4, 0.5) is 79.0 Å². The summed E-state index contributed by atoms with van der Waals surface area (Å²) in [5, 5.41) is 9.27. The average molecular weight is 1160 g/mol. The van der Waals surface area contributed by atoms with Gasteiger partial charge in [-0.2, -0.15) is 79.0 Å². The molecule has 2 saturated carbocycles. The molecule has 77 heavy (non-hydrogen) atoms. The van der Waals surface area contributed by atoms with E-state index in [2.05, 4.69) is 18.9 Å². The van der Waals surface area contributed by atoms with E-state index in [9.17, 15) is 113 Å². The number of hydrogen-bond donors (Lipinski definition) is 1. The molecule has 6 unspecified atom stereocenters. The lowest BCUT2D eigenvalue weighted by molar-refractivity contribution is -0.409. The van der Waals surface area contributed by atoms with Crippen molar-refractivity contribution in [2.45, 2.75) is 207 Å². The van der Waals surface area contributed by atoms with E-state index in [4.69, 9.17) is 9.47 Å². The minimum atomic E-state index is -6.09. The molecule has 1 aliphatic heterocycles. The van der Waals surface area contributed by atoms with E-state index < -0.39 is 159 Å². The van der Waals surface area contributed by atoms with Crippen LogP contribution in [-0.2, 0) is 57.2 Å². The standard InChI is InChI=1S/C18H20F6O6.C16H24F6O4.C12H18F6O3/c1-4-16(2,3)15(27)29-11-7-5-6-8(12(25)28-10(6)11)9(7)13(26)30-14(17(19,20)21)18(22,23)24;1-8-12(4,5)11(24)26-13(6,7)14(15(17,18)19,16(20,21)22)25-10(23)9(2)3;1-6-8(2,3)7(19)21-9(4,5)10(20,11(13,14)15)12(16,17)18/h6-11,14H,4-5H2,1-3H3;9H,8H2,1-7H3;20H,6H2,1-5H3. The van der Waals surface area contributed by atoms with Crippen LogP contribution in [0.1, 0.15) is 130 Å². The Labute approximate surface area is 430 Å². The number of carbonyl (C=O) groups excluding carboxylic acids is 6. The molecule has 0 spiro atoms. The lowest BCUT2D eigenvalue weighted by Crippen LogP contribution is -2.72. The van der Waals surface area contributed by atoms with Gasteiger partial charge in [0, 0.05) is 11.8 Å². The molecule has 3 aliphatic rings. The fourth-order valence-electron chi connectivity index (χ4n) is 7.78. The molecule has 1 N–H and O–H groups in total. The Bertz CT molecular complexity index is 2090. The van der Waals surface area contributed by atoms with Crippen LogP contribution < -0.4 is 0 Å². The van der Waals surface area contributed by atoms with Gasteiger partial charge in [0.1, 0.15) is 12.2 Å². The van der Waals surface area contributed by atoms with Crippen molar-refractivity contribution in [3.63, 3.8) is 0 Å². The number of hydrogen-bond acceptors (Lipinski definition) is 13. The summed E-state index contributed by atoms with van der Waals surface area (Å²) in [4.78, 5) is 72.5. The second-order valence-corrected chi connectivity index (χ2v) is 21.8. The first-order valence-corrected chi connectivity index (χ1v) is 23.2. The molecular weight excluding hydrogens is 1100 g/mol. The highest BCUT2D eigenvalue weighted by atomic mass is 19.4. The van der Waals surface area contributed by atoms with Gasteiger partial charge in [-0.1, -0.05) is 34.6 Å². The minimum absolute atomic E-state index is 0.0913. The van der Waals surface area contributed by atoms with Crippen LogP contribution in [0.3, 0.4) is 0 Å². The van der Waals surface area contributed by atoms with Crippen molar-refractivity contribution >= 4 is 35.8 Å². The first kappa shape index (κ1) is 70.5. The van der Waals surface area contributed by atoms with Gasteiger partial charge >= 0.3 is 78.5 Å². The highest BCUT2D eigenvalue weighted by Gasteiger charge is 2.83. The first-order chi connectivity index (χ1) is 33.8. The Balaban J connectivity index is 0.000000588. The lowest BCUT2D eigenvalue weighted by atomic mass is 9.78. The number of alkyl halides is 18. The van der Waals surface area contributed by atoms with Crippen LogP contribution in [0.25, 0.3) is 0 Å². The largest absolute Gasteiger partial charge is 0.458 e. The van der Waals surface area contributed by atoms with E-state index >= 15 is 0 Å². The molecule has 3 fully saturated rings. The molecule has 31 heteroatoms. The van der Waals surface area contributed by atoms with E-state index in [-0.39, 0.29) is 19.3 Å². The van der Waals surface area contributed by atoms with Crippen LogP contribution in [0.5, 0.6) is 0 Å². The number of carbonyl (C=O) groups is 6. The van der Waals surface area contributed by atoms with Gasteiger partial charge in [-0.05, 0) is 94.9 Å². The Kier molecular flexibility index (Phi) is 20.7. The van der Waals surface area contributed by atoms with Gasteiger partial charge in [0.2, 0.25) is 0 Å². The van der Waals surface area contributed by atoms with Crippen molar-refractivity contribution in [3.8, 4) is 0 Å². The zero-order valence-electron chi connectivity index (χ0n) is 44.1. The summed E-state index contributed by atoms with van der Waals surface area (Å²) in [6.07, 6.45) is -41.6. The molecule has 13 nitrogen and oxygen atoms in total. The summed E-state index contributed by atoms with van der Waals surface area (Å²) in [5.41, 5.74) is -20.2. The fourth-order valence-corrected chi connectivity index (χ4v) is 7.78. The molecule has 2 bridgehead atoms. The smallest absolute Gasteiger partial charge is 0.441 e. The summed E-state index contributed by atoms with van der Waals surface area (Å²) in [7, 11) is 0. The third-order valence-corrected chi connectivity index (χ3v) is 14.0. The number of aliphatic hydroxyl groups is 1. The second-order valence-electron chi connectivity index (χ2n) is 21.8. The molecule has 6 atom stereocenters. The maximum Gasteiger partial charge on any atom is 0.441 e. The zero-order valence-corrected chi connectivity index (χ0v) is 44.1. The highest BCUT2D eigenvalue weighted by Crippen LogP contribution is 2.60. The lowest BCUT2D eigenvalue weighted by Gasteiger charge is -2.46. The second kappa shape index (κ2) is 22.6. The van der Waals surface area contributed by atoms with Gasteiger partial charge < -0.3 is 33.5 Å². The molecule has 1 heterocycles. The van der Waals surface area contributed by atoms with E-state index in [0.29, 0.717) is 34.1 Å². The number of ether oxygens (including phenoxy) is 6. The Morgan fingerprint density at radius 3 is 1.25 bits per heavy atom. The van der Waals surface area contributed by atoms with Gasteiger partial charge in [-0.15, -0.1) is 0 Å². The third-order valence-electron chi connectivity index (χ3n) is 14.0. The van der Waals surface area contributed by atoms with Gasteiger partial charge in [0.15, 0.2) is 11.2 Å². The highest BCUT2D eigenvalue weighted by molar-refractivity contribution is 5.86. The van der Waals surface area contributed by atoms with Crippen molar-refractivity contribution in [1.82, 2.24) is 0 Å². The quantitative estimate of drug-likeness (QED) is 0.0931. The Morgan fingerprint density at radius 1 is 0.558 bits per heavy atom. The summed E-state index contributed by atoms with van der Waals surface area (Å²) in [5.74, 6) is -13.4. The normalized spacial score (nSPS) is 21.8. The van der Waals surface area contributed by atoms with Crippen LogP contribution in [0.15, 0.2) is 0 Å². The summed E-state index contributed by atoms with van der Waals surface area (Å²) < 4.78 is 262. The SMILES string of the molecule is CCC(C)(C)C(=O)OC(C)(C)C(O)(C(F)(F)F)C(F)(F)F.CCC(C)(C)C(=O)OC(C)(C)C(OC(=O)C(C)C)(C(F)(F)F)C(F)(F)F.CCC(C)(C)C(=O)OC1C2CC3C1OC(=O)C3C2C(=O)OC(C(F)(F)F)C(F)(F)F. The monoisotopic (exact) mass is 1160 g/mol. The number of rotatable bonds is 15. The summed E-state index contributed by atoms with van der Waals surface area (Å²) >= 11 is 0. The molecular formula is C46H62F18O13. The molecule has 3 rings (SSSR count). The Morgan fingerprint density at radius 2 is 0.922 bits per heavy atom. The third kappa shape index (κ3) is 14.3. The summed E-state index contributed by atoms with van der Waals surface area (Å²) in [6, 6.07) is 0. The first-order valence-electron chi connectivity index (χ1n) is 23.2. The predicted molar refractivity (Wildman–Crippen MR) is 226 cm³/mol. The van der Waals surface area contributed by atoms with E-state index in [1.54, 1.807) is 20.8 Å². The van der Waals surface area contributed by atoms with Crippen molar-refractivity contribution in [3.05, 3.63) is 0 Å². The maximum absolute atomic E-state index is 13.6. The van der Waals surface area contributed by atoms with Crippen molar-refractivity contribution in [2.24, 2.45) is 45.8 Å². The van der Waals surface area contributed by atoms with E-state index in [1.165, 1.54) is 41.5 Å². The van der Waals surface area contributed by atoms with Gasteiger partial charge in [0.05, 0.1) is 34.0 Å². The van der Waals surface area contributed by atoms with Crippen molar-refractivity contribution < 1.29 is 141 Å². The predicted octanol–water partition coefficient (Wildman–Crippen LogP) is 11.6. The minimum Gasteiger partial charge on any atom is -0.458 e. The molecule has 450 valence electrons. The molecule has 1 saturated heterocycles. The van der Waals surface area contributed by atoms with Crippen LogP contribution in [0, 0.1) is 45.8 Å². The topological polar surface area (TPSA) is 178 Å².